The Morgan fingerprint density at radius 1 is 1.11 bits per heavy atom. The van der Waals surface area contributed by atoms with Gasteiger partial charge in [0.05, 0.1) is 0 Å². The van der Waals surface area contributed by atoms with Gasteiger partial charge in [-0.05, 0) is 32.4 Å². The summed E-state index contributed by atoms with van der Waals surface area (Å²) in [5.41, 5.74) is 0. The molecule has 1 aliphatic heterocycles. The fourth-order valence-corrected chi connectivity index (χ4v) is 6.55. The molecule has 1 rings (SSSR count). The first kappa shape index (κ1) is 17.5. The Kier molecular flexibility index (Phi) is 7.99. The topological polar surface area (TPSA) is 12.5 Å². The highest BCUT2D eigenvalue weighted by Crippen LogP contribution is 2.24. The van der Waals surface area contributed by atoms with Crippen molar-refractivity contribution in [2.24, 2.45) is 17.8 Å². The SMILES string of the molecule is CCN1CCC(C(C)[O][Al]([CH2]C(C)C)[CH2]C(C)C)C1. The van der Waals surface area contributed by atoms with Crippen LogP contribution in [0.2, 0.25) is 10.6 Å². The van der Waals surface area contributed by atoms with Gasteiger partial charge in [-0.15, -0.1) is 0 Å². The molecule has 1 saturated heterocycles. The third-order valence-corrected chi connectivity index (χ3v) is 8.05. The van der Waals surface area contributed by atoms with Crippen LogP contribution >= 0.6 is 0 Å². The average molecular weight is 283 g/mol. The van der Waals surface area contributed by atoms with Crippen molar-refractivity contribution < 1.29 is 3.79 Å². The predicted molar refractivity (Wildman–Crippen MR) is 85.8 cm³/mol. The Morgan fingerprint density at radius 3 is 2.11 bits per heavy atom. The maximum Gasteiger partial charge on any atom is 0.461 e. The van der Waals surface area contributed by atoms with E-state index >= 15 is 0 Å². The number of likely N-dealkylation sites (tertiary alicyclic amines) is 1. The van der Waals surface area contributed by atoms with E-state index in [2.05, 4.69) is 46.4 Å². The van der Waals surface area contributed by atoms with E-state index in [0.29, 0.717) is 6.10 Å². The zero-order chi connectivity index (χ0) is 14.4. The zero-order valence-electron chi connectivity index (χ0n) is 14.0. The molecule has 0 bridgehead atoms. The standard InChI is InChI=1S/C8H16NO.2C4H9.Al/c1-3-9-5-4-8(6-9)7(2)10;2*1-4(2)3;/h7-8H,3-6H2,1-2H3;2*4H,1H2,2-3H3;/q-1;;;+1. The Morgan fingerprint density at radius 2 is 1.68 bits per heavy atom. The maximum absolute atomic E-state index is 6.56. The number of hydrogen-bond donors (Lipinski definition) is 0. The second-order valence-corrected chi connectivity index (χ2v) is 9.62. The number of rotatable bonds is 8. The molecule has 2 nitrogen and oxygen atoms in total. The van der Waals surface area contributed by atoms with Gasteiger partial charge in [-0.3, -0.25) is 0 Å². The molecule has 0 saturated carbocycles. The molecule has 0 aromatic heterocycles. The Bertz CT molecular complexity index is 235. The first-order valence-electron chi connectivity index (χ1n) is 8.30. The van der Waals surface area contributed by atoms with Gasteiger partial charge >= 0.3 is 14.5 Å². The average Bonchev–Trinajstić information content (AvgIpc) is 2.75. The zero-order valence-corrected chi connectivity index (χ0v) is 15.1. The normalized spacial score (nSPS) is 22.4. The summed E-state index contributed by atoms with van der Waals surface area (Å²) in [6, 6.07) is 0. The van der Waals surface area contributed by atoms with Crippen molar-refractivity contribution in [3.63, 3.8) is 0 Å². The largest absolute Gasteiger partial charge is 0.498 e. The fourth-order valence-electron chi connectivity index (χ4n) is 3.21. The molecule has 1 aliphatic rings. The lowest BCUT2D eigenvalue weighted by Crippen LogP contribution is -2.33. The molecule has 0 aromatic rings. The smallest absolute Gasteiger partial charge is 0.461 e. The molecule has 1 heterocycles. The Balaban J connectivity index is 2.43. The van der Waals surface area contributed by atoms with Crippen molar-refractivity contribution in [3.8, 4) is 0 Å². The lowest BCUT2D eigenvalue weighted by Gasteiger charge is -2.26. The summed E-state index contributed by atoms with van der Waals surface area (Å²) < 4.78 is 6.56. The van der Waals surface area contributed by atoms with E-state index in [0.717, 1.165) is 17.8 Å². The minimum Gasteiger partial charge on any atom is -0.498 e. The Hall–Kier alpha value is 0.452. The van der Waals surface area contributed by atoms with Gasteiger partial charge in [0, 0.05) is 12.6 Å². The molecule has 0 radical (unpaired) electrons. The summed E-state index contributed by atoms with van der Waals surface area (Å²) >= 11 is -1.01. The van der Waals surface area contributed by atoms with E-state index in [1.807, 2.05) is 0 Å². The molecular weight excluding hydrogens is 249 g/mol. The van der Waals surface area contributed by atoms with Crippen molar-refractivity contribution in [2.75, 3.05) is 19.6 Å². The van der Waals surface area contributed by atoms with Gasteiger partial charge in [0.1, 0.15) is 0 Å². The highest BCUT2D eigenvalue weighted by Gasteiger charge is 2.31. The van der Waals surface area contributed by atoms with E-state index in [1.54, 1.807) is 0 Å². The lowest BCUT2D eigenvalue weighted by atomic mass is 10.0. The van der Waals surface area contributed by atoms with Gasteiger partial charge in [-0.25, -0.2) is 0 Å². The summed E-state index contributed by atoms with van der Waals surface area (Å²) in [5.74, 6) is 2.35. The van der Waals surface area contributed by atoms with E-state index in [-0.39, 0.29) is 0 Å². The minimum atomic E-state index is -1.01. The van der Waals surface area contributed by atoms with Crippen LogP contribution in [-0.2, 0) is 3.79 Å². The Labute approximate surface area is 125 Å². The van der Waals surface area contributed by atoms with Crippen LogP contribution in [0.25, 0.3) is 0 Å². The summed E-state index contributed by atoms with van der Waals surface area (Å²) in [7, 11) is 0. The van der Waals surface area contributed by atoms with Gasteiger partial charge in [-0.2, -0.15) is 0 Å². The van der Waals surface area contributed by atoms with Crippen LogP contribution in [0, 0.1) is 17.8 Å². The second kappa shape index (κ2) is 8.68. The van der Waals surface area contributed by atoms with E-state index in [9.17, 15) is 0 Å². The highest BCUT2D eigenvalue weighted by molar-refractivity contribution is 6.52. The van der Waals surface area contributed by atoms with E-state index in [1.165, 1.54) is 36.6 Å². The van der Waals surface area contributed by atoms with Crippen LogP contribution in [0.15, 0.2) is 0 Å². The van der Waals surface area contributed by atoms with Gasteiger partial charge in [0.15, 0.2) is 0 Å². The van der Waals surface area contributed by atoms with E-state index < -0.39 is 14.5 Å². The van der Waals surface area contributed by atoms with E-state index in [4.69, 9.17) is 3.79 Å². The minimum absolute atomic E-state index is 0.478. The number of nitrogens with zero attached hydrogens (tertiary/aromatic N) is 1. The summed E-state index contributed by atoms with van der Waals surface area (Å²) in [4.78, 5) is 2.56. The third kappa shape index (κ3) is 6.63. The molecule has 0 aliphatic carbocycles. The first-order valence-corrected chi connectivity index (χ1v) is 10.4. The van der Waals surface area contributed by atoms with Crippen LogP contribution in [0.3, 0.4) is 0 Å². The molecule has 1 fully saturated rings. The monoisotopic (exact) mass is 283 g/mol. The van der Waals surface area contributed by atoms with Crippen LogP contribution in [0.5, 0.6) is 0 Å². The molecule has 0 amide bonds. The second-order valence-electron chi connectivity index (χ2n) is 7.16. The molecule has 2 unspecified atom stereocenters. The molecular formula is C16H34AlNO. The maximum atomic E-state index is 6.56. The molecule has 0 N–H and O–H groups in total. The summed E-state index contributed by atoms with van der Waals surface area (Å²) in [6.07, 6.45) is 1.81. The first-order chi connectivity index (χ1) is 8.92. The molecule has 0 spiro atoms. The molecule has 2 atom stereocenters. The molecule has 112 valence electrons. The van der Waals surface area contributed by atoms with Gasteiger partial charge in [0.2, 0.25) is 0 Å². The summed E-state index contributed by atoms with van der Waals surface area (Å²) in [5, 5.41) is 2.68. The quantitative estimate of drug-likeness (QED) is 0.623. The number of hydrogen-bond acceptors (Lipinski definition) is 2. The third-order valence-electron chi connectivity index (χ3n) is 4.30. The summed E-state index contributed by atoms with van der Waals surface area (Å²) in [6.45, 7) is 17.7. The highest BCUT2D eigenvalue weighted by atomic mass is 27.2. The van der Waals surface area contributed by atoms with Gasteiger partial charge in [-0.1, -0.05) is 57.0 Å². The van der Waals surface area contributed by atoms with Crippen molar-refractivity contribution in [1.82, 2.24) is 4.90 Å². The van der Waals surface area contributed by atoms with Crippen LogP contribution in [0.1, 0.15) is 48.0 Å². The van der Waals surface area contributed by atoms with Crippen LogP contribution in [0.4, 0.5) is 0 Å². The van der Waals surface area contributed by atoms with Crippen LogP contribution in [-0.4, -0.2) is 45.1 Å². The predicted octanol–water partition coefficient (Wildman–Crippen LogP) is 4.04. The molecule has 3 heteroatoms. The fraction of sp³-hybridized carbons (Fsp3) is 1.00. The molecule has 0 aromatic carbocycles. The van der Waals surface area contributed by atoms with Gasteiger partial charge in [0.25, 0.3) is 0 Å². The van der Waals surface area contributed by atoms with Crippen molar-refractivity contribution >= 4 is 14.5 Å². The van der Waals surface area contributed by atoms with Gasteiger partial charge < -0.3 is 8.69 Å². The van der Waals surface area contributed by atoms with Crippen molar-refractivity contribution in [3.05, 3.63) is 0 Å². The lowest BCUT2D eigenvalue weighted by molar-refractivity contribution is 0.148. The van der Waals surface area contributed by atoms with Crippen molar-refractivity contribution in [1.29, 1.82) is 0 Å². The van der Waals surface area contributed by atoms with Crippen molar-refractivity contribution in [2.45, 2.75) is 64.6 Å². The molecule has 19 heavy (non-hydrogen) atoms. The van der Waals surface area contributed by atoms with Crippen LogP contribution < -0.4 is 0 Å².